The first-order valence-corrected chi connectivity index (χ1v) is 7.33. The first-order valence-electron chi connectivity index (χ1n) is 5.68. The second-order valence-electron chi connectivity index (χ2n) is 4.08. The van der Waals surface area contributed by atoms with Gasteiger partial charge < -0.3 is 4.90 Å². The van der Waals surface area contributed by atoms with Gasteiger partial charge in [-0.15, -0.1) is 0 Å². The van der Waals surface area contributed by atoms with Gasteiger partial charge in [-0.3, -0.25) is 4.79 Å². The predicted octanol–water partition coefficient (Wildman–Crippen LogP) is 1.61. The number of anilines is 1. The average molecular weight is 253 g/mol. The summed E-state index contributed by atoms with van der Waals surface area (Å²) in [5.74, 6) is 0.00859. The molecule has 1 amide bonds. The lowest BCUT2D eigenvalue weighted by atomic mass is 10.2. The highest BCUT2D eigenvalue weighted by atomic mass is 32.2. The van der Waals surface area contributed by atoms with Crippen LogP contribution >= 0.6 is 0 Å². The highest BCUT2D eigenvalue weighted by Gasteiger charge is 2.30. The van der Waals surface area contributed by atoms with Gasteiger partial charge in [-0.25, -0.2) is 8.42 Å². The third-order valence-electron chi connectivity index (χ3n) is 2.84. The maximum Gasteiger partial charge on any atom is 0.227 e. The number of rotatable bonds is 2. The van der Waals surface area contributed by atoms with E-state index in [1.54, 1.807) is 29.2 Å². The maximum atomic E-state index is 11.9. The first kappa shape index (κ1) is 12.1. The molecule has 2 rings (SSSR count). The number of hydrogen-bond donors (Lipinski definition) is 0. The van der Waals surface area contributed by atoms with E-state index in [9.17, 15) is 13.2 Å². The zero-order chi connectivity index (χ0) is 12.5. The Morgan fingerprint density at radius 3 is 2.76 bits per heavy atom. The normalized spacial score (nSPS) is 17.6. The Hall–Kier alpha value is -1.36. The van der Waals surface area contributed by atoms with Crippen molar-refractivity contribution >= 4 is 21.4 Å². The van der Waals surface area contributed by atoms with E-state index < -0.39 is 9.84 Å². The van der Waals surface area contributed by atoms with Gasteiger partial charge in [0, 0.05) is 13.0 Å². The zero-order valence-electron chi connectivity index (χ0n) is 9.72. The van der Waals surface area contributed by atoms with Gasteiger partial charge in [-0.2, -0.15) is 0 Å². The van der Waals surface area contributed by atoms with Gasteiger partial charge in [0.15, 0.2) is 9.84 Å². The summed E-state index contributed by atoms with van der Waals surface area (Å²) >= 11 is 0. The number of benzene rings is 1. The summed E-state index contributed by atoms with van der Waals surface area (Å²) in [5.41, 5.74) is 0.525. The molecule has 1 aliphatic rings. The summed E-state index contributed by atoms with van der Waals surface area (Å²) in [6.07, 6.45) is 1.22. The Balaban J connectivity index is 2.45. The molecule has 0 aromatic heterocycles. The minimum absolute atomic E-state index is 0.00477. The second-order valence-corrected chi connectivity index (χ2v) is 6.16. The largest absolute Gasteiger partial charge is 0.310 e. The highest BCUT2D eigenvalue weighted by molar-refractivity contribution is 7.91. The molecule has 0 saturated carbocycles. The molecular formula is C12H15NO3S. The van der Waals surface area contributed by atoms with Crippen LogP contribution in [0.25, 0.3) is 0 Å². The fraction of sp³-hybridized carbons (Fsp3) is 0.417. The molecule has 0 N–H and O–H groups in total. The van der Waals surface area contributed by atoms with Crippen molar-refractivity contribution < 1.29 is 13.2 Å². The third kappa shape index (κ3) is 2.20. The van der Waals surface area contributed by atoms with Crippen molar-refractivity contribution in [2.45, 2.75) is 24.7 Å². The van der Waals surface area contributed by atoms with E-state index in [-0.39, 0.29) is 23.1 Å². The van der Waals surface area contributed by atoms with Crippen molar-refractivity contribution in [2.24, 2.45) is 0 Å². The number of carbonyl (C=O) groups excluding carboxylic acids is 1. The summed E-state index contributed by atoms with van der Waals surface area (Å²) in [4.78, 5) is 13.8. The van der Waals surface area contributed by atoms with Crippen molar-refractivity contribution in [1.82, 2.24) is 0 Å². The Bertz CT molecular complexity index is 536. The number of fused-ring (bicyclic) bond motifs is 1. The summed E-state index contributed by atoms with van der Waals surface area (Å²) in [7, 11) is -3.22. The van der Waals surface area contributed by atoms with Crippen molar-refractivity contribution in [3.8, 4) is 0 Å². The number of amides is 1. The van der Waals surface area contributed by atoms with E-state index in [0.29, 0.717) is 12.1 Å². The number of carbonyl (C=O) groups is 1. The van der Waals surface area contributed by atoms with Gasteiger partial charge in [0.1, 0.15) is 0 Å². The lowest BCUT2D eigenvalue weighted by molar-refractivity contribution is -0.118. The molecule has 4 nitrogen and oxygen atoms in total. The molecule has 1 aromatic carbocycles. The molecule has 0 radical (unpaired) electrons. The van der Waals surface area contributed by atoms with Gasteiger partial charge >= 0.3 is 0 Å². The van der Waals surface area contributed by atoms with Crippen LogP contribution in [0.1, 0.15) is 19.8 Å². The van der Waals surface area contributed by atoms with Crippen molar-refractivity contribution in [3.05, 3.63) is 24.3 Å². The van der Waals surface area contributed by atoms with Crippen molar-refractivity contribution in [3.63, 3.8) is 0 Å². The molecule has 1 aliphatic heterocycles. The van der Waals surface area contributed by atoms with Crippen molar-refractivity contribution in [2.75, 3.05) is 17.2 Å². The van der Waals surface area contributed by atoms with Gasteiger partial charge in [0.25, 0.3) is 0 Å². The SMILES string of the molecule is CCCC(=O)N1CCS(=O)(=O)c2ccccc21. The van der Waals surface area contributed by atoms with Gasteiger partial charge in [0.2, 0.25) is 5.91 Å². The van der Waals surface area contributed by atoms with Crippen molar-refractivity contribution in [1.29, 1.82) is 0 Å². The van der Waals surface area contributed by atoms with Crippen LogP contribution in [0, 0.1) is 0 Å². The molecule has 0 spiro atoms. The van der Waals surface area contributed by atoms with Crippen LogP contribution in [0.15, 0.2) is 29.2 Å². The molecule has 92 valence electrons. The number of nitrogens with zero attached hydrogens (tertiary/aromatic N) is 1. The van der Waals surface area contributed by atoms with Gasteiger partial charge in [-0.05, 0) is 18.6 Å². The second kappa shape index (κ2) is 4.49. The number of para-hydroxylation sites is 1. The molecule has 1 heterocycles. The fourth-order valence-electron chi connectivity index (χ4n) is 1.99. The topological polar surface area (TPSA) is 54.5 Å². The Kier molecular flexibility index (Phi) is 3.19. The lowest BCUT2D eigenvalue weighted by Crippen LogP contribution is -2.39. The van der Waals surface area contributed by atoms with Gasteiger partial charge in [-0.1, -0.05) is 19.1 Å². The molecule has 0 aliphatic carbocycles. The maximum absolute atomic E-state index is 11.9. The monoisotopic (exact) mass is 253 g/mol. The average Bonchev–Trinajstić information content (AvgIpc) is 2.29. The Morgan fingerprint density at radius 2 is 2.06 bits per heavy atom. The molecule has 0 atom stereocenters. The fourth-order valence-corrected chi connectivity index (χ4v) is 3.42. The Labute approximate surface area is 101 Å². The molecule has 1 aromatic rings. The van der Waals surface area contributed by atoms with E-state index >= 15 is 0 Å². The summed E-state index contributed by atoms with van der Waals surface area (Å²) in [5, 5.41) is 0. The van der Waals surface area contributed by atoms with E-state index in [1.807, 2.05) is 6.92 Å². The lowest BCUT2D eigenvalue weighted by Gasteiger charge is -2.29. The predicted molar refractivity (Wildman–Crippen MR) is 65.8 cm³/mol. The minimum atomic E-state index is -3.22. The summed E-state index contributed by atoms with van der Waals surface area (Å²) in [6, 6.07) is 6.70. The third-order valence-corrected chi connectivity index (χ3v) is 4.58. The molecule has 17 heavy (non-hydrogen) atoms. The van der Waals surface area contributed by atoms with Crippen LogP contribution in [0.4, 0.5) is 5.69 Å². The van der Waals surface area contributed by atoms with E-state index in [0.717, 1.165) is 6.42 Å². The highest BCUT2D eigenvalue weighted by Crippen LogP contribution is 2.30. The summed E-state index contributed by atoms with van der Waals surface area (Å²) < 4.78 is 23.7. The number of sulfone groups is 1. The standard InChI is InChI=1S/C12H15NO3S/c1-2-5-12(14)13-8-9-17(15,16)11-7-4-3-6-10(11)13/h3-4,6-7H,2,5,8-9H2,1H3. The minimum Gasteiger partial charge on any atom is -0.310 e. The van der Waals surface area contributed by atoms with E-state index in [1.165, 1.54) is 0 Å². The van der Waals surface area contributed by atoms with Crippen LogP contribution in [-0.4, -0.2) is 26.6 Å². The van der Waals surface area contributed by atoms with Crippen LogP contribution in [-0.2, 0) is 14.6 Å². The molecule has 0 unspecified atom stereocenters. The van der Waals surface area contributed by atoms with Crippen LogP contribution < -0.4 is 4.90 Å². The van der Waals surface area contributed by atoms with Gasteiger partial charge in [0.05, 0.1) is 16.3 Å². The molecule has 5 heteroatoms. The molecule has 0 saturated heterocycles. The van der Waals surface area contributed by atoms with Crippen LogP contribution in [0.5, 0.6) is 0 Å². The van der Waals surface area contributed by atoms with E-state index in [2.05, 4.69) is 0 Å². The Morgan fingerprint density at radius 1 is 1.35 bits per heavy atom. The molecular weight excluding hydrogens is 238 g/mol. The van der Waals surface area contributed by atoms with E-state index in [4.69, 9.17) is 0 Å². The first-order chi connectivity index (χ1) is 8.06. The quantitative estimate of drug-likeness (QED) is 0.804. The zero-order valence-corrected chi connectivity index (χ0v) is 10.5. The molecule has 0 fully saturated rings. The smallest absolute Gasteiger partial charge is 0.227 e. The summed E-state index contributed by atoms with van der Waals surface area (Å²) in [6.45, 7) is 2.20. The van der Waals surface area contributed by atoms with Crippen LogP contribution in [0.3, 0.4) is 0 Å². The number of hydrogen-bond acceptors (Lipinski definition) is 3. The van der Waals surface area contributed by atoms with Crippen LogP contribution in [0.2, 0.25) is 0 Å². The molecule has 0 bridgehead atoms.